The summed E-state index contributed by atoms with van der Waals surface area (Å²) in [6, 6.07) is 8.69. The van der Waals surface area contributed by atoms with Crippen molar-refractivity contribution in [1.29, 1.82) is 0 Å². The largest absolute Gasteiger partial charge is 0.322 e. The summed E-state index contributed by atoms with van der Waals surface area (Å²) in [4.78, 5) is 12.2. The molecule has 7 heteroatoms. The zero-order chi connectivity index (χ0) is 18.6. The van der Waals surface area contributed by atoms with Crippen LogP contribution in [0.1, 0.15) is 31.9 Å². The standard InChI is InChI=1S/C18H18BrF3N2O/c1-3-14(11-4-6-12(19)7-5-11)23-10(2)18(25)24-15-9-8-13(20)16(21)17(15)22/h4-10,14,23H,3H2,1-2H3,(H,24,25)/t10-,14+/m0/s1. The van der Waals surface area contributed by atoms with E-state index in [-0.39, 0.29) is 6.04 Å². The van der Waals surface area contributed by atoms with Crippen molar-refractivity contribution in [2.45, 2.75) is 32.4 Å². The Balaban J connectivity index is 2.06. The van der Waals surface area contributed by atoms with Gasteiger partial charge in [0, 0.05) is 10.5 Å². The van der Waals surface area contributed by atoms with Gasteiger partial charge in [0.15, 0.2) is 17.5 Å². The fourth-order valence-corrected chi connectivity index (χ4v) is 2.65. The summed E-state index contributed by atoms with van der Waals surface area (Å²) in [5, 5.41) is 5.43. The predicted molar refractivity (Wildman–Crippen MR) is 94.7 cm³/mol. The molecular weight excluding hydrogens is 397 g/mol. The maximum atomic E-state index is 13.7. The Hall–Kier alpha value is -1.86. The van der Waals surface area contributed by atoms with Gasteiger partial charge in [-0.3, -0.25) is 10.1 Å². The van der Waals surface area contributed by atoms with E-state index in [1.54, 1.807) is 6.92 Å². The molecule has 0 spiro atoms. The van der Waals surface area contributed by atoms with Crippen LogP contribution >= 0.6 is 15.9 Å². The van der Waals surface area contributed by atoms with E-state index < -0.39 is 35.1 Å². The van der Waals surface area contributed by atoms with Gasteiger partial charge in [0.05, 0.1) is 11.7 Å². The SMILES string of the molecule is CC[C@@H](N[C@@H](C)C(=O)Nc1ccc(F)c(F)c1F)c1ccc(Br)cc1. The summed E-state index contributed by atoms with van der Waals surface area (Å²) in [7, 11) is 0. The van der Waals surface area contributed by atoms with E-state index in [4.69, 9.17) is 0 Å². The van der Waals surface area contributed by atoms with Crippen LogP contribution in [0.15, 0.2) is 40.9 Å². The molecule has 0 aliphatic rings. The van der Waals surface area contributed by atoms with Crippen LogP contribution in [0, 0.1) is 17.5 Å². The van der Waals surface area contributed by atoms with Crippen molar-refractivity contribution >= 4 is 27.5 Å². The molecule has 2 rings (SSSR count). The van der Waals surface area contributed by atoms with Crippen LogP contribution in [-0.4, -0.2) is 11.9 Å². The highest BCUT2D eigenvalue weighted by Crippen LogP contribution is 2.22. The summed E-state index contributed by atoms with van der Waals surface area (Å²) in [5.74, 6) is -4.87. The number of hydrogen-bond acceptors (Lipinski definition) is 2. The molecule has 2 aromatic carbocycles. The molecule has 0 heterocycles. The molecule has 0 aliphatic carbocycles. The summed E-state index contributed by atoms with van der Waals surface area (Å²) in [5.41, 5.74) is 0.610. The fourth-order valence-electron chi connectivity index (χ4n) is 2.39. The van der Waals surface area contributed by atoms with Crippen LogP contribution in [0.25, 0.3) is 0 Å². The minimum atomic E-state index is -1.61. The molecule has 3 nitrogen and oxygen atoms in total. The average Bonchev–Trinajstić information content (AvgIpc) is 2.60. The second-order valence-corrected chi connectivity index (χ2v) is 6.53. The van der Waals surface area contributed by atoms with Crippen molar-refractivity contribution < 1.29 is 18.0 Å². The lowest BCUT2D eigenvalue weighted by molar-refractivity contribution is -0.118. The molecular formula is C18H18BrF3N2O. The number of carbonyl (C=O) groups is 1. The lowest BCUT2D eigenvalue weighted by Crippen LogP contribution is -2.40. The highest BCUT2D eigenvalue weighted by Gasteiger charge is 2.21. The quantitative estimate of drug-likeness (QED) is 0.657. The topological polar surface area (TPSA) is 41.1 Å². The van der Waals surface area contributed by atoms with Crippen LogP contribution in [0.5, 0.6) is 0 Å². The van der Waals surface area contributed by atoms with Crippen LogP contribution in [-0.2, 0) is 4.79 Å². The summed E-state index contributed by atoms with van der Waals surface area (Å²) in [6.45, 7) is 3.59. The summed E-state index contributed by atoms with van der Waals surface area (Å²) >= 11 is 3.37. The Morgan fingerprint density at radius 1 is 1.08 bits per heavy atom. The zero-order valence-electron chi connectivity index (χ0n) is 13.7. The van der Waals surface area contributed by atoms with E-state index in [1.165, 1.54) is 0 Å². The van der Waals surface area contributed by atoms with Crippen molar-refractivity contribution in [3.63, 3.8) is 0 Å². The number of halogens is 4. The first kappa shape index (κ1) is 19.5. The van der Waals surface area contributed by atoms with Crippen LogP contribution in [0.4, 0.5) is 18.9 Å². The molecule has 0 saturated heterocycles. The molecule has 0 fully saturated rings. The lowest BCUT2D eigenvalue weighted by Gasteiger charge is -2.22. The fraction of sp³-hybridized carbons (Fsp3) is 0.278. The number of carbonyl (C=O) groups excluding carboxylic acids is 1. The van der Waals surface area contributed by atoms with Crippen molar-refractivity contribution in [3.8, 4) is 0 Å². The van der Waals surface area contributed by atoms with Gasteiger partial charge in [-0.1, -0.05) is 35.0 Å². The van der Waals surface area contributed by atoms with Gasteiger partial charge in [0.25, 0.3) is 0 Å². The minimum absolute atomic E-state index is 0.0800. The number of anilines is 1. The highest BCUT2D eigenvalue weighted by molar-refractivity contribution is 9.10. The van der Waals surface area contributed by atoms with Crippen molar-refractivity contribution in [2.24, 2.45) is 0 Å². The molecule has 2 atom stereocenters. The van der Waals surface area contributed by atoms with E-state index in [2.05, 4.69) is 26.6 Å². The van der Waals surface area contributed by atoms with Gasteiger partial charge in [0.1, 0.15) is 0 Å². The third kappa shape index (κ3) is 4.83. The Morgan fingerprint density at radius 2 is 1.72 bits per heavy atom. The first-order chi connectivity index (χ1) is 11.8. The Labute approximate surface area is 152 Å². The second kappa shape index (κ2) is 8.49. The number of amides is 1. The maximum Gasteiger partial charge on any atom is 0.241 e. The first-order valence-electron chi connectivity index (χ1n) is 7.79. The molecule has 0 aromatic heterocycles. The van der Waals surface area contributed by atoms with E-state index in [0.717, 1.165) is 28.6 Å². The van der Waals surface area contributed by atoms with Gasteiger partial charge < -0.3 is 5.32 Å². The average molecular weight is 415 g/mol. The van der Waals surface area contributed by atoms with Crippen molar-refractivity contribution in [1.82, 2.24) is 5.32 Å². The number of hydrogen-bond donors (Lipinski definition) is 2. The third-order valence-corrected chi connectivity index (χ3v) is 4.35. The van der Waals surface area contributed by atoms with E-state index >= 15 is 0 Å². The van der Waals surface area contributed by atoms with Gasteiger partial charge in [-0.05, 0) is 43.2 Å². The van der Waals surface area contributed by atoms with Crippen LogP contribution in [0.2, 0.25) is 0 Å². The van der Waals surface area contributed by atoms with E-state index in [1.807, 2.05) is 31.2 Å². The molecule has 0 aliphatic heterocycles. The van der Waals surface area contributed by atoms with E-state index in [9.17, 15) is 18.0 Å². The number of benzene rings is 2. The Bertz CT molecular complexity index is 753. The smallest absolute Gasteiger partial charge is 0.241 e. The maximum absolute atomic E-state index is 13.7. The molecule has 0 bridgehead atoms. The molecule has 0 unspecified atom stereocenters. The normalized spacial score (nSPS) is 13.4. The monoisotopic (exact) mass is 414 g/mol. The van der Waals surface area contributed by atoms with Gasteiger partial charge in [-0.25, -0.2) is 13.2 Å². The van der Waals surface area contributed by atoms with Crippen molar-refractivity contribution in [3.05, 3.63) is 63.9 Å². The minimum Gasteiger partial charge on any atom is -0.322 e. The Kier molecular flexibility index (Phi) is 6.61. The van der Waals surface area contributed by atoms with Crippen molar-refractivity contribution in [2.75, 3.05) is 5.32 Å². The van der Waals surface area contributed by atoms with Gasteiger partial charge >= 0.3 is 0 Å². The summed E-state index contributed by atoms with van der Waals surface area (Å²) < 4.78 is 40.8. The van der Waals surface area contributed by atoms with Gasteiger partial charge in [0.2, 0.25) is 5.91 Å². The Morgan fingerprint density at radius 3 is 2.32 bits per heavy atom. The molecule has 0 radical (unpaired) electrons. The second-order valence-electron chi connectivity index (χ2n) is 5.61. The number of nitrogens with one attached hydrogen (secondary N) is 2. The highest BCUT2D eigenvalue weighted by atomic mass is 79.9. The van der Waals surface area contributed by atoms with E-state index in [0.29, 0.717) is 0 Å². The predicted octanol–water partition coefficient (Wildman–Crippen LogP) is 4.93. The molecule has 0 saturated carbocycles. The van der Waals surface area contributed by atoms with Crippen LogP contribution < -0.4 is 10.6 Å². The molecule has 1 amide bonds. The molecule has 134 valence electrons. The van der Waals surface area contributed by atoms with Gasteiger partial charge in [-0.2, -0.15) is 0 Å². The lowest BCUT2D eigenvalue weighted by atomic mass is 10.0. The zero-order valence-corrected chi connectivity index (χ0v) is 15.3. The summed E-state index contributed by atoms with van der Waals surface area (Å²) in [6.07, 6.45) is 0.735. The molecule has 25 heavy (non-hydrogen) atoms. The third-order valence-electron chi connectivity index (χ3n) is 3.82. The van der Waals surface area contributed by atoms with Gasteiger partial charge in [-0.15, -0.1) is 0 Å². The van der Waals surface area contributed by atoms with Crippen LogP contribution in [0.3, 0.4) is 0 Å². The number of rotatable bonds is 6. The first-order valence-corrected chi connectivity index (χ1v) is 8.58. The molecule has 2 aromatic rings. The molecule has 2 N–H and O–H groups in total.